The molecule has 2 aliphatic rings. The number of rotatable bonds is 2. The van der Waals surface area contributed by atoms with Crippen LogP contribution in [-0.2, 0) is 19.2 Å². The van der Waals surface area contributed by atoms with E-state index in [2.05, 4.69) is 31.9 Å². The molecule has 0 atom stereocenters. The Morgan fingerprint density at radius 1 is 0.621 bits per heavy atom. The number of hydrogen-bond acceptors (Lipinski definition) is 5. The Labute approximate surface area is 182 Å². The maximum absolute atomic E-state index is 11.5. The Hall–Kier alpha value is -3.04. The number of aromatic hydroxyl groups is 1. The van der Waals surface area contributed by atoms with Gasteiger partial charge < -0.3 is 5.11 Å². The van der Waals surface area contributed by atoms with Gasteiger partial charge in [-0.3, -0.25) is 19.2 Å². The summed E-state index contributed by atoms with van der Waals surface area (Å²) < 4.78 is 1.39. The second-order valence-corrected chi connectivity index (χ2v) is 7.49. The molecule has 0 spiro atoms. The number of imide groups is 2. The molecular weight excluding hydrogens is 508 g/mol. The molecule has 2 aliphatic heterocycles. The molecule has 0 fully saturated rings. The highest BCUT2D eigenvalue weighted by molar-refractivity contribution is 9.11. The number of phenols is 1. The average molecular weight is 520 g/mol. The number of carbonyl (C=O) groups excluding carboxylic acids is 4. The minimum atomic E-state index is -0.360. The van der Waals surface area contributed by atoms with Gasteiger partial charge in [0, 0.05) is 33.2 Å². The summed E-state index contributed by atoms with van der Waals surface area (Å²) in [5.41, 5.74) is 1.00. The Morgan fingerprint density at radius 3 is 1.48 bits per heavy atom. The maximum Gasteiger partial charge on any atom is 0.258 e. The third-order valence-corrected chi connectivity index (χ3v) is 5.17. The smallest absolute Gasteiger partial charge is 0.258 e. The van der Waals surface area contributed by atoms with E-state index in [1.165, 1.54) is 48.6 Å². The van der Waals surface area contributed by atoms with Crippen LogP contribution in [0.4, 0.5) is 11.4 Å². The average Bonchev–Trinajstić information content (AvgIpc) is 3.19. The predicted molar refractivity (Wildman–Crippen MR) is 113 cm³/mol. The molecule has 7 nitrogen and oxygen atoms in total. The van der Waals surface area contributed by atoms with Gasteiger partial charge in [-0.1, -0.05) is 6.07 Å². The molecule has 0 aliphatic carbocycles. The summed E-state index contributed by atoms with van der Waals surface area (Å²) in [6, 6.07) is 11.2. The second kappa shape index (κ2) is 8.54. The van der Waals surface area contributed by atoms with Crippen molar-refractivity contribution >= 4 is 66.9 Å². The summed E-state index contributed by atoms with van der Waals surface area (Å²) in [5, 5.41) is 9.03. The second-order valence-electron chi connectivity index (χ2n) is 5.78. The van der Waals surface area contributed by atoms with Gasteiger partial charge in [0.25, 0.3) is 23.6 Å². The normalized spacial score (nSPS) is 15.2. The molecule has 1 N–H and O–H groups in total. The quantitative estimate of drug-likeness (QED) is 0.613. The van der Waals surface area contributed by atoms with Crippen LogP contribution in [0, 0.1) is 0 Å². The van der Waals surface area contributed by atoms with Crippen molar-refractivity contribution in [2.75, 3.05) is 9.80 Å². The highest BCUT2D eigenvalue weighted by Crippen LogP contribution is 2.35. The first-order chi connectivity index (χ1) is 13.8. The van der Waals surface area contributed by atoms with Crippen molar-refractivity contribution in [3.8, 4) is 5.75 Å². The van der Waals surface area contributed by atoms with Crippen LogP contribution in [-0.4, -0.2) is 28.7 Å². The Bertz CT molecular complexity index is 1020. The van der Waals surface area contributed by atoms with Crippen molar-refractivity contribution in [2.45, 2.75) is 0 Å². The van der Waals surface area contributed by atoms with Gasteiger partial charge in [-0.05, 0) is 68.3 Å². The van der Waals surface area contributed by atoms with Crippen molar-refractivity contribution in [1.29, 1.82) is 0 Å². The molecule has 0 radical (unpaired) electrons. The molecule has 0 saturated heterocycles. The monoisotopic (exact) mass is 518 g/mol. The third-order valence-electron chi connectivity index (χ3n) is 3.89. The maximum atomic E-state index is 11.5. The SMILES string of the molecule is O=C1C=CC(=O)N1c1c(Br)cccc1Br.O=C1C=CC(=O)N1c1ccc(O)cc1. The van der Waals surface area contributed by atoms with Gasteiger partial charge in [0.05, 0.1) is 11.4 Å². The lowest BCUT2D eigenvalue weighted by Gasteiger charge is -2.17. The Kier molecular flexibility index (Phi) is 6.09. The van der Waals surface area contributed by atoms with E-state index in [4.69, 9.17) is 5.11 Å². The molecule has 0 unspecified atom stereocenters. The van der Waals surface area contributed by atoms with Gasteiger partial charge in [-0.15, -0.1) is 0 Å². The molecule has 4 amide bonds. The van der Waals surface area contributed by atoms with Crippen molar-refractivity contribution in [3.05, 3.63) is 75.7 Å². The standard InChI is InChI=1S/C10H5Br2NO2.C10H7NO3/c11-6-2-1-3-7(12)10(6)13-8(14)4-5-9(13)15;12-8-3-1-7(2-4-8)11-9(13)5-6-10(11)14/h1-5H;1-6,12H. The minimum absolute atomic E-state index is 0.0980. The fourth-order valence-electron chi connectivity index (χ4n) is 2.58. The largest absolute Gasteiger partial charge is 0.508 e. The molecule has 0 saturated carbocycles. The van der Waals surface area contributed by atoms with Crippen LogP contribution in [0.3, 0.4) is 0 Å². The number of benzene rings is 2. The third kappa shape index (κ3) is 4.36. The number of carbonyl (C=O) groups is 4. The van der Waals surface area contributed by atoms with Crippen LogP contribution >= 0.6 is 31.9 Å². The first-order valence-electron chi connectivity index (χ1n) is 8.15. The van der Waals surface area contributed by atoms with E-state index in [0.29, 0.717) is 20.3 Å². The summed E-state index contributed by atoms with van der Waals surface area (Å²) >= 11 is 6.62. The first kappa shape index (κ1) is 20.7. The molecule has 9 heteroatoms. The van der Waals surface area contributed by atoms with E-state index in [0.717, 1.165) is 9.80 Å². The molecule has 2 aromatic carbocycles. The lowest BCUT2D eigenvalue weighted by atomic mass is 10.3. The van der Waals surface area contributed by atoms with Crippen molar-refractivity contribution in [3.63, 3.8) is 0 Å². The zero-order chi connectivity index (χ0) is 21.1. The number of para-hydroxylation sites is 1. The highest BCUT2D eigenvalue weighted by Gasteiger charge is 2.28. The summed E-state index contributed by atoms with van der Waals surface area (Å²) in [4.78, 5) is 47.5. The summed E-state index contributed by atoms with van der Waals surface area (Å²) in [5.74, 6) is -1.28. The molecule has 2 aromatic rings. The number of anilines is 2. The van der Waals surface area contributed by atoms with Crippen molar-refractivity contribution in [1.82, 2.24) is 0 Å². The van der Waals surface area contributed by atoms with Crippen LogP contribution in [0.25, 0.3) is 0 Å². The molecule has 29 heavy (non-hydrogen) atoms. The van der Waals surface area contributed by atoms with E-state index in [-0.39, 0.29) is 29.4 Å². The van der Waals surface area contributed by atoms with Gasteiger partial charge in [0.2, 0.25) is 0 Å². The highest BCUT2D eigenvalue weighted by atomic mass is 79.9. The lowest BCUT2D eigenvalue weighted by molar-refractivity contribution is -0.121. The fraction of sp³-hybridized carbons (Fsp3) is 0. The van der Waals surface area contributed by atoms with Gasteiger partial charge in [-0.2, -0.15) is 0 Å². The van der Waals surface area contributed by atoms with Crippen LogP contribution in [0.1, 0.15) is 0 Å². The minimum Gasteiger partial charge on any atom is -0.508 e. The van der Waals surface area contributed by atoms with Gasteiger partial charge in [0.15, 0.2) is 0 Å². The number of amides is 4. The summed E-state index contributed by atoms with van der Waals surface area (Å²) in [7, 11) is 0. The number of nitrogens with zero attached hydrogens (tertiary/aromatic N) is 2. The van der Waals surface area contributed by atoms with Crippen molar-refractivity contribution in [2.24, 2.45) is 0 Å². The number of hydrogen-bond donors (Lipinski definition) is 1. The topological polar surface area (TPSA) is 95.0 Å². The summed E-state index contributed by atoms with van der Waals surface area (Å²) in [6.07, 6.45) is 4.95. The van der Waals surface area contributed by atoms with E-state index in [1.807, 2.05) is 6.07 Å². The summed E-state index contributed by atoms with van der Waals surface area (Å²) in [6.45, 7) is 0. The van der Waals surface area contributed by atoms with Gasteiger partial charge >= 0.3 is 0 Å². The van der Waals surface area contributed by atoms with E-state index >= 15 is 0 Å². The first-order valence-corrected chi connectivity index (χ1v) is 9.73. The van der Waals surface area contributed by atoms with E-state index < -0.39 is 0 Å². The zero-order valence-corrected chi connectivity index (χ0v) is 17.8. The number of phenolic OH excluding ortho intramolecular Hbond substituents is 1. The van der Waals surface area contributed by atoms with Gasteiger partial charge in [0.1, 0.15) is 5.75 Å². The molecule has 0 bridgehead atoms. The van der Waals surface area contributed by atoms with Crippen LogP contribution < -0.4 is 9.80 Å². The zero-order valence-electron chi connectivity index (χ0n) is 14.6. The molecule has 4 rings (SSSR count). The molecule has 146 valence electrons. The van der Waals surface area contributed by atoms with Crippen LogP contribution in [0.2, 0.25) is 0 Å². The van der Waals surface area contributed by atoms with E-state index in [1.54, 1.807) is 12.1 Å². The van der Waals surface area contributed by atoms with E-state index in [9.17, 15) is 19.2 Å². The number of halogens is 2. The van der Waals surface area contributed by atoms with Gasteiger partial charge in [-0.25, -0.2) is 9.80 Å². The lowest BCUT2D eigenvalue weighted by Crippen LogP contribution is -2.30. The molecular formula is C20H12Br2N2O5. The van der Waals surface area contributed by atoms with Crippen LogP contribution in [0.5, 0.6) is 5.75 Å². The fourth-order valence-corrected chi connectivity index (χ4v) is 3.93. The van der Waals surface area contributed by atoms with Crippen LogP contribution in [0.15, 0.2) is 75.7 Å². The van der Waals surface area contributed by atoms with Crippen molar-refractivity contribution < 1.29 is 24.3 Å². The Balaban J connectivity index is 0.000000166. The Morgan fingerprint density at radius 2 is 1.03 bits per heavy atom. The predicted octanol–water partition coefficient (Wildman–Crippen LogP) is 3.46. The molecule has 2 heterocycles. The molecule has 0 aromatic heterocycles.